The van der Waals surface area contributed by atoms with Crippen LogP contribution in [0.1, 0.15) is 61.3 Å². The Labute approximate surface area is 192 Å². The fourth-order valence-electron chi connectivity index (χ4n) is 5.26. The molecule has 0 bridgehead atoms. The summed E-state index contributed by atoms with van der Waals surface area (Å²) in [6.45, 7) is 1.32. The molecule has 172 valence electrons. The minimum absolute atomic E-state index is 0.158. The van der Waals surface area contributed by atoms with Crippen LogP contribution >= 0.6 is 0 Å². The number of carbonyl (C=O) groups excluding carboxylic acids is 1. The van der Waals surface area contributed by atoms with E-state index in [1.807, 2.05) is 0 Å². The molecule has 2 aromatic rings. The lowest BCUT2D eigenvalue weighted by atomic mass is 9.88. The van der Waals surface area contributed by atoms with Crippen molar-refractivity contribution in [3.8, 4) is 11.5 Å². The van der Waals surface area contributed by atoms with Crippen molar-refractivity contribution in [2.24, 2.45) is 0 Å². The number of carbonyl (C=O) groups is 1. The van der Waals surface area contributed by atoms with Crippen LogP contribution in [-0.2, 0) is 17.6 Å². The molecule has 1 amide bonds. The number of hydrogen-bond acceptors (Lipinski definition) is 4. The van der Waals surface area contributed by atoms with Gasteiger partial charge in [-0.1, -0.05) is 49.6 Å². The van der Waals surface area contributed by atoms with Gasteiger partial charge in [0.25, 0.3) is 0 Å². The Morgan fingerprint density at radius 2 is 1.75 bits per heavy atom. The summed E-state index contributed by atoms with van der Waals surface area (Å²) in [7, 11) is 3.36. The largest absolute Gasteiger partial charge is 0.493 e. The summed E-state index contributed by atoms with van der Waals surface area (Å²) in [5, 5.41) is 3.30. The topological polar surface area (TPSA) is 50.8 Å². The smallest absolute Gasteiger partial charge is 0.234 e. The van der Waals surface area contributed by atoms with Gasteiger partial charge < -0.3 is 14.8 Å². The van der Waals surface area contributed by atoms with Gasteiger partial charge in [0.1, 0.15) is 0 Å². The monoisotopic (exact) mass is 436 g/mol. The lowest BCUT2D eigenvalue weighted by Crippen LogP contribution is -2.46. The molecule has 2 aromatic carbocycles. The van der Waals surface area contributed by atoms with E-state index in [-0.39, 0.29) is 11.9 Å². The average Bonchev–Trinajstić information content (AvgIpc) is 2.83. The van der Waals surface area contributed by atoms with Crippen molar-refractivity contribution in [3.05, 3.63) is 59.2 Å². The van der Waals surface area contributed by atoms with Gasteiger partial charge in [-0.3, -0.25) is 9.69 Å². The van der Waals surface area contributed by atoms with Crippen molar-refractivity contribution in [1.82, 2.24) is 10.2 Å². The van der Waals surface area contributed by atoms with Crippen LogP contribution in [0.2, 0.25) is 0 Å². The molecule has 1 aliphatic heterocycles. The number of hydrogen-bond donors (Lipinski definition) is 1. The minimum atomic E-state index is 0.158. The standard InChI is InChI=1S/C27H36N2O3/c1-31-25-17-21-15-16-29(19-27(30)28-22-11-7-4-8-12-22)24(23(21)18-26(25)32-2)14-13-20-9-5-3-6-10-20/h3,5-6,9-10,17-18,22,24H,4,7-8,11-16,19H2,1-2H3,(H,28,30). The van der Waals surface area contributed by atoms with Crippen LogP contribution in [0.5, 0.6) is 11.5 Å². The number of nitrogens with one attached hydrogen (secondary N) is 1. The van der Waals surface area contributed by atoms with E-state index in [4.69, 9.17) is 9.47 Å². The number of aryl methyl sites for hydroxylation is 1. The molecule has 0 aromatic heterocycles. The highest BCUT2D eigenvalue weighted by atomic mass is 16.5. The maximum Gasteiger partial charge on any atom is 0.234 e. The predicted molar refractivity (Wildman–Crippen MR) is 127 cm³/mol. The van der Waals surface area contributed by atoms with E-state index in [0.29, 0.717) is 12.6 Å². The van der Waals surface area contributed by atoms with Gasteiger partial charge in [-0.2, -0.15) is 0 Å². The van der Waals surface area contributed by atoms with Crippen LogP contribution < -0.4 is 14.8 Å². The SMILES string of the molecule is COc1cc2c(cc1OC)C(CCc1ccccc1)N(CC(=O)NC1CCCCC1)CC2. The second kappa shape index (κ2) is 10.9. The fourth-order valence-corrected chi connectivity index (χ4v) is 5.26. The van der Waals surface area contributed by atoms with Gasteiger partial charge in [-0.25, -0.2) is 0 Å². The molecule has 1 N–H and O–H groups in total. The number of fused-ring (bicyclic) bond motifs is 1. The van der Waals surface area contributed by atoms with E-state index < -0.39 is 0 Å². The molecule has 5 nitrogen and oxygen atoms in total. The third-order valence-electron chi connectivity index (χ3n) is 6.98. The average molecular weight is 437 g/mol. The van der Waals surface area contributed by atoms with Crippen LogP contribution in [0.15, 0.2) is 42.5 Å². The quantitative estimate of drug-likeness (QED) is 0.653. The number of rotatable bonds is 8. The van der Waals surface area contributed by atoms with Gasteiger partial charge in [0, 0.05) is 18.6 Å². The Balaban J connectivity index is 1.53. The summed E-state index contributed by atoms with van der Waals surface area (Å²) in [6, 6.07) is 15.4. The summed E-state index contributed by atoms with van der Waals surface area (Å²) < 4.78 is 11.1. The highest BCUT2D eigenvalue weighted by Gasteiger charge is 2.30. The number of methoxy groups -OCH3 is 2. The molecule has 5 heteroatoms. The molecule has 1 unspecified atom stereocenters. The zero-order chi connectivity index (χ0) is 22.3. The third-order valence-corrected chi connectivity index (χ3v) is 6.98. The van der Waals surface area contributed by atoms with E-state index in [1.54, 1.807) is 14.2 Å². The van der Waals surface area contributed by atoms with Crippen LogP contribution in [0, 0.1) is 0 Å². The van der Waals surface area contributed by atoms with Crippen molar-refractivity contribution in [3.63, 3.8) is 0 Å². The van der Waals surface area contributed by atoms with E-state index in [9.17, 15) is 4.79 Å². The predicted octanol–water partition coefficient (Wildman–Crippen LogP) is 4.68. The second-order valence-corrected chi connectivity index (χ2v) is 9.07. The first-order valence-corrected chi connectivity index (χ1v) is 12.0. The molecule has 1 saturated carbocycles. The second-order valence-electron chi connectivity index (χ2n) is 9.07. The van der Waals surface area contributed by atoms with Gasteiger partial charge in [0.05, 0.1) is 20.8 Å². The molecule has 4 rings (SSSR count). The Hall–Kier alpha value is -2.53. The molecule has 1 atom stereocenters. The minimum Gasteiger partial charge on any atom is -0.493 e. The summed E-state index contributed by atoms with van der Waals surface area (Å²) in [5.74, 6) is 1.69. The van der Waals surface area contributed by atoms with Gasteiger partial charge in [0.2, 0.25) is 5.91 Å². The van der Waals surface area contributed by atoms with Crippen LogP contribution in [-0.4, -0.2) is 44.2 Å². The normalized spacial score (nSPS) is 19.2. The molecule has 0 saturated heterocycles. The van der Waals surface area contributed by atoms with E-state index in [1.165, 1.54) is 36.0 Å². The van der Waals surface area contributed by atoms with E-state index in [0.717, 1.165) is 50.1 Å². The molecule has 1 heterocycles. The first-order chi connectivity index (χ1) is 15.7. The van der Waals surface area contributed by atoms with Gasteiger partial charge in [-0.15, -0.1) is 0 Å². The van der Waals surface area contributed by atoms with E-state index >= 15 is 0 Å². The number of ether oxygens (including phenoxy) is 2. The Kier molecular flexibility index (Phi) is 7.69. The molecule has 1 fully saturated rings. The maximum atomic E-state index is 12.9. The summed E-state index contributed by atoms with van der Waals surface area (Å²) in [6.07, 6.45) is 8.82. The maximum absolute atomic E-state index is 12.9. The molecule has 32 heavy (non-hydrogen) atoms. The van der Waals surface area contributed by atoms with Gasteiger partial charge in [0.15, 0.2) is 11.5 Å². The molecule has 1 aliphatic carbocycles. The molecular weight excluding hydrogens is 400 g/mol. The summed E-state index contributed by atoms with van der Waals surface area (Å²) >= 11 is 0. The van der Waals surface area contributed by atoms with Crippen molar-refractivity contribution >= 4 is 5.91 Å². The first-order valence-electron chi connectivity index (χ1n) is 12.0. The lowest BCUT2D eigenvalue weighted by molar-refractivity contribution is -0.123. The van der Waals surface area contributed by atoms with Crippen LogP contribution in [0.4, 0.5) is 0 Å². The molecular formula is C27H36N2O3. The number of nitrogens with zero attached hydrogens (tertiary/aromatic N) is 1. The van der Waals surface area contributed by atoms with Crippen molar-refractivity contribution in [2.45, 2.75) is 63.5 Å². The zero-order valence-corrected chi connectivity index (χ0v) is 19.4. The van der Waals surface area contributed by atoms with Crippen LogP contribution in [0.25, 0.3) is 0 Å². The lowest BCUT2D eigenvalue weighted by Gasteiger charge is -2.38. The van der Waals surface area contributed by atoms with Crippen molar-refractivity contribution in [1.29, 1.82) is 0 Å². The third kappa shape index (κ3) is 5.44. The Morgan fingerprint density at radius 1 is 1.03 bits per heavy atom. The number of benzene rings is 2. The molecule has 2 aliphatic rings. The molecule has 0 spiro atoms. The van der Waals surface area contributed by atoms with Crippen LogP contribution in [0.3, 0.4) is 0 Å². The van der Waals surface area contributed by atoms with E-state index in [2.05, 4.69) is 52.7 Å². The summed E-state index contributed by atoms with van der Waals surface area (Å²) in [5.41, 5.74) is 3.88. The van der Waals surface area contributed by atoms with Gasteiger partial charge >= 0.3 is 0 Å². The Morgan fingerprint density at radius 3 is 2.47 bits per heavy atom. The zero-order valence-electron chi connectivity index (χ0n) is 19.4. The van der Waals surface area contributed by atoms with Crippen molar-refractivity contribution in [2.75, 3.05) is 27.3 Å². The molecule has 0 radical (unpaired) electrons. The van der Waals surface area contributed by atoms with Crippen molar-refractivity contribution < 1.29 is 14.3 Å². The summed E-state index contributed by atoms with van der Waals surface area (Å²) in [4.78, 5) is 15.3. The highest BCUT2D eigenvalue weighted by Crippen LogP contribution is 2.39. The number of amides is 1. The fraction of sp³-hybridized carbons (Fsp3) is 0.519. The Bertz CT molecular complexity index is 893. The first kappa shape index (κ1) is 22.7. The highest BCUT2D eigenvalue weighted by molar-refractivity contribution is 5.78. The van der Waals surface area contributed by atoms with Gasteiger partial charge in [-0.05, 0) is 60.9 Å².